The summed E-state index contributed by atoms with van der Waals surface area (Å²) >= 11 is 0. The van der Waals surface area contributed by atoms with Crippen molar-refractivity contribution in [2.24, 2.45) is 23.7 Å². The predicted molar refractivity (Wildman–Crippen MR) is 155 cm³/mol. The number of fused-ring (bicyclic) bond motifs is 6. The van der Waals surface area contributed by atoms with E-state index in [1.165, 1.54) is 29.2 Å². The lowest BCUT2D eigenvalue weighted by Crippen LogP contribution is -2.32. The summed E-state index contributed by atoms with van der Waals surface area (Å²) in [4.78, 5) is 68.6. The number of non-ortho nitro benzene ring substituents is 1. The third kappa shape index (κ3) is 4.46. The first-order valence-corrected chi connectivity index (χ1v) is 14.1. The molecule has 2 amide bonds. The number of esters is 1. The van der Waals surface area contributed by atoms with Crippen LogP contribution in [0.25, 0.3) is 22.2 Å². The van der Waals surface area contributed by atoms with Gasteiger partial charge in [0, 0.05) is 28.6 Å². The molecule has 0 radical (unpaired) electrons. The number of para-hydroxylation sites is 1. The number of carbonyl (C=O) groups is 4. The highest BCUT2D eigenvalue weighted by Gasteiger charge is 2.61. The summed E-state index contributed by atoms with van der Waals surface area (Å²) < 4.78 is 5.36. The van der Waals surface area contributed by atoms with Crippen molar-refractivity contribution in [1.29, 1.82) is 0 Å². The fourth-order valence-electron chi connectivity index (χ4n) is 7.00. The van der Waals surface area contributed by atoms with Gasteiger partial charge in [-0.05, 0) is 67.5 Å². The number of nitrogens with zero attached hydrogens (tertiary/aromatic N) is 3. The van der Waals surface area contributed by atoms with Gasteiger partial charge in [0.1, 0.15) is 0 Å². The van der Waals surface area contributed by atoms with Gasteiger partial charge in [-0.15, -0.1) is 0 Å². The standard InChI is InChI=1S/C33H25N3O7/c37-28(19-9-13-23(14-10-19)36(41)42)17-43-33(40)25-16-27(34-26-4-2-1-3-24(25)26)18-7-11-22(12-8-18)35-31(38)29-20-5-6-21(15-20)30(29)32(35)39/h1-4,7-14,16,20-21,29-30H,5-6,15,17H2/t20-,21+,29-,30-/m0/s1. The van der Waals surface area contributed by atoms with Crippen LogP contribution in [-0.4, -0.2) is 40.1 Å². The van der Waals surface area contributed by atoms with Gasteiger partial charge in [-0.1, -0.05) is 30.3 Å². The third-order valence-electron chi connectivity index (χ3n) is 9.02. The fraction of sp³-hybridized carbons (Fsp3) is 0.242. The zero-order valence-electron chi connectivity index (χ0n) is 22.8. The Bertz CT molecular complexity index is 1810. The van der Waals surface area contributed by atoms with Crippen LogP contribution in [-0.2, 0) is 14.3 Å². The van der Waals surface area contributed by atoms with Gasteiger partial charge in [0.15, 0.2) is 12.4 Å². The number of Topliss-reactive ketones (excluding diaryl/α,β-unsaturated/α-hetero) is 1. The summed E-state index contributed by atoms with van der Waals surface area (Å²) in [6.07, 6.45) is 3.01. The van der Waals surface area contributed by atoms with Crippen molar-refractivity contribution in [3.8, 4) is 11.3 Å². The molecule has 10 nitrogen and oxygen atoms in total. The minimum Gasteiger partial charge on any atom is -0.454 e. The Hall–Kier alpha value is -5.25. The fourth-order valence-corrected chi connectivity index (χ4v) is 7.00. The minimum atomic E-state index is -0.721. The second kappa shape index (κ2) is 10.2. The molecule has 0 unspecified atom stereocenters. The normalized spacial score (nSPS) is 22.2. The number of ether oxygens (including phenoxy) is 1. The highest BCUT2D eigenvalue weighted by Crippen LogP contribution is 2.56. The summed E-state index contributed by atoms with van der Waals surface area (Å²) in [5, 5.41) is 11.4. The molecule has 4 atom stereocenters. The molecule has 3 aliphatic rings. The summed E-state index contributed by atoms with van der Waals surface area (Å²) in [6, 6.07) is 20.7. The summed E-state index contributed by atoms with van der Waals surface area (Å²) in [5.41, 5.74) is 2.48. The number of hydrogen-bond acceptors (Lipinski definition) is 8. The average molecular weight is 576 g/mol. The number of anilines is 1. The van der Waals surface area contributed by atoms with E-state index in [1.54, 1.807) is 54.6 Å². The second-order valence-corrected chi connectivity index (χ2v) is 11.3. The van der Waals surface area contributed by atoms with E-state index in [1.807, 2.05) is 0 Å². The largest absolute Gasteiger partial charge is 0.454 e. The number of hydrogen-bond donors (Lipinski definition) is 0. The first-order valence-electron chi connectivity index (χ1n) is 14.1. The van der Waals surface area contributed by atoms with Gasteiger partial charge in [-0.2, -0.15) is 0 Å². The Morgan fingerprint density at radius 1 is 0.907 bits per heavy atom. The topological polar surface area (TPSA) is 137 Å². The average Bonchev–Trinajstić information content (AvgIpc) is 3.72. The zero-order valence-corrected chi connectivity index (χ0v) is 22.8. The van der Waals surface area contributed by atoms with Crippen LogP contribution in [0.2, 0.25) is 0 Å². The molecule has 4 aromatic rings. The van der Waals surface area contributed by atoms with Gasteiger partial charge in [0.05, 0.1) is 39.2 Å². The molecule has 2 heterocycles. The van der Waals surface area contributed by atoms with Gasteiger partial charge in [-0.25, -0.2) is 9.78 Å². The number of nitro groups is 1. The van der Waals surface area contributed by atoms with Crippen LogP contribution in [0.1, 0.15) is 40.0 Å². The van der Waals surface area contributed by atoms with Crippen LogP contribution in [0.4, 0.5) is 11.4 Å². The van der Waals surface area contributed by atoms with Crippen molar-refractivity contribution in [1.82, 2.24) is 4.98 Å². The lowest BCUT2D eigenvalue weighted by molar-refractivity contribution is -0.384. The molecule has 3 fully saturated rings. The van der Waals surface area contributed by atoms with Gasteiger partial charge < -0.3 is 4.74 Å². The molecular weight excluding hydrogens is 550 g/mol. The molecule has 3 aromatic carbocycles. The molecule has 2 aliphatic carbocycles. The van der Waals surface area contributed by atoms with Crippen LogP contribution >= 0.6 is 0 Å². The van der Waals surface area contributed by atoms with Crippen LogP contribution in [0.5, 0.6) is 0 Å². The molecule has 2 bridgehead atoms. The van der Waals surface area contributed by atoms with Gasteiger partial charge >= 0.3 is 5.97 Å². The second-order valence-electron chi connectivity index (χ2n) is 11.3. The van der Waals surface area contributed by atoms with Crippen LogP contribution < -0.4 is 4.90 Å². The monoisotopic (exact) mass is 575 g/mol. The molecule has 43 heavy (non-hydrogen) atoms. The highest BCUT2D eigenvalue weighted by atomic mass is 16.6. The predicted octanol–water partition coefficient (Wildman–Crippen LogP) is 5.39. The van der Waals surface area contributed by atoms with E-state index in [0.29, 0.717) is 39.7 Å². The lowest BCUT2D eigenvalue weighted by atomic mass is 9.81. The maximum Gasteiger partial charge on any atom is 0.339 e. The number of aromatic nitrogens is 1. The van der Waals surface area contributed by atoms with Crippen molar-refractivity contribution in [2.75, 3.05) is 11.5 Å². The van der Waals surface area contributed by atoms with E-state index in [-0.39, 0.29) is 40.5 Å². The lowest BCUT2D eigenvalue weighted by Gasteiger charge is -2.19. The molecular formula is C33H25N3O7. The van der Waals surface area contributed by atoms with E-state index in [0.717, 1.165) is 19.3 Å². The van der Waals surface area contributed by atoms with Crippen LogP contribution in [0.15, 0.2) is 78.9 Å². The van der Waals surface area contributed by atoms with Crippen molar-refractivity contribution in [3.63, 3.8) is 0 Å². The Kier molecular flexibility index (Phi) is 6.34. The number of carbonyl (C=O) groups excluding carboxylic acids is 4. The SMILES string of the molecule is O=C(COC(=O)c1cc(-c2ccc(N3C(=O)[C@H]4[C@@H]5CC[C@@H](C5)[C@@H]4C3=O)cc2)nc2ccccc12)c1ccc([N+](=O)[O-])cc1. The number of pyridine rings is 1. The van der Waals surface area contributed by atoms with E-state index < -0.39 is 23.3 Å². The number of rotatable bonds is 7. The van der Waals surface area contributed by atoms with E-state index >= 15 is 0 Å². The Labute approximate surface area is 245 Å². The first-order chi connectivity index (χ1) is 20.8. The minimum absolute atomic E-state index is 0.105. The third-order valence-corrected chi connectivity index (χ3v) is 9.02. The first kappa shape index (κ1) is 26.6. The van der Waals surface area contributed by atoms with E-state index in [9.17, 15) is 29.3 Å². The maximum absolute atomic E-state index is 13.2. The van der Waals surface area contributed by atoms with Crippen molar-refractivity contribution >= 4 is 45.8 Å². The number of amides is 2. The van der Waals surface area contributed by atoms with Crippen LogP contribution in [0, 0.1) is 33.8 Å². The Morgan fingerprint density at radius 2 is 1.56 bits per heavy atom. The molecule has 1 saturated heterocycles. The Morgan fingerprint density at radius 3 is 2.21 bits per heavy atom. The number of benzene rings is 3. The molecule has 1 aromatic heterocycles. The van der Waals surface area contributed by atoms with Gasteiger partial charge in [0.2, 0.25) is 11.8 Å². The smallest absolute Gasteiger partial charge is 0.339 e. The molecule has 0 N–H and O–H groups in total. The van der Waals surface area contributed by atoms with Crippen molar-refractivity contribution in [3.05, 3.63) is 100 Å². The van der Waals surface area contributed by atoms with Gasteiger partial charge in [-0.3, -0.25) is 29.4 Å². The summed E-state index contributed by atoms with van der Waals surface area (Å²) in [5.74, 6) is -1.22. The molecule has 10 heteroatoms. The van der Waals surface area contributed by atoms with Crippen LogP contribution in [0.3, 0.4) is 0 Å². The van der Waals surface area contributed by atoms with E-state index in [4.69, 9.17) is 9.72 Å². The van der Waals surface area contributed by atoms with Crippen molar-refractivity contribution in [2.45, 2.75) is 19.3 Å². The Balaban J connectivity index is 1.12. The summed E-state index contributed by atoms with van der Waals surface area (Å²) in [7, 11) is 0. The quantitative estimate of drug-likeness (QED) is 0.0941. The molecule has 7 rings (SSSR count). The zero-order chi connectivity index (χ0) is 29.8. The van der Waals surface area contributed by atoms with E-state index in [2.05, 4.69) is 0 Å². The number of ketones is 1. The van der Waals surface area contributed by atoms with Gasteiger partial charge in [0.25, 0.3) is 5.69 Å². The molecule has 1 aliphatic heterocycles. The molecule has 2 saturated carbocycles. The summed E-state index contributed by atoms with van der Waals surface area (Å²) in [6.45, 7) is -0.543. The maximum atomic E-state index is 13.2. The number of nitro benzene ring substituents is 1. The number of imide groups is 1. The molecule has 0 spiro atoms. The molecule has 214 valence electrons. The highest BCUT2D eigenvalue weighted by molar-refractivity contribution is 6.22. The van der Waals surface area contributed by atoms with Crippen molar-refractivity contribution < 1.29 is 28.8 Å².